The predicted octanol–water partition coefficient (Wildman–Crippen LogP) is 2.10. The summed E-state index contributed by atoms with van der Waals surface area (Å²) in [5, 5.41) is 7.52. The first kappa shape index (κ1) is 10.4. The number of hydrogen-bond donors (Lipinski definition) is 1. The van der Waals surface area contributed by atoms with E-state index in [1.54, 1.807) is 0 Å². The average Bonchev–Trinajstić information content (AvgIpc) is 2.79. The molecular weight excluding hydrogens is 206 g/mol. The molecule has 1 N–H and O–H groups in total. The molecular formula is C11H15N3S. The van der Waals surface area contributed by atoms with Crippen LogP contribution in [-0.4, -0.2) is 16.8 Å². The van der Waals surface area contributed by atoms with Gasteiger partial charge in [-0.2, -0.15) is 5.10 Å². The van der Waals surface area contributed by atoms with Crippen LogP contribution in [0.3, 0.4) is 0 Å². The molecule has 0 spiro atoms. The van der Waals surface area contributed by atoms with E-state index in [1.165, 1.54) is 15.4 Å². The number of nitrogens with zero attached hydrogens (tertiary/aromatic N) is 2. The zero-order chi connectivity index (χ0) is 10.8. The molecule has 2 heterocycles. The number of thiophene rings is 1. The molecule has 0 amide bonds. The van der Waals surface area contributed by atoms with Crippen LogP contribution < -0.4 is 5.32 Å². The molecule has 1 unspecified atom stereocenters. The van der Waals surface area contributed by atoms with E-state index < -0.39 is 0 Å². The highest BCUT2D eigenvalue weighted by Crippen LogP contribution is 2.27. The van der Waals surface area contributed by atoms with Crippen molar-refractivity contribution in [1.82, 2.24) is 15.1 Å². The second-order valence-electron chi connectivity index (χ2n) is 3.55. The minimum Gasteiger partial charge on any atom is -0.307 e. The number of aromatic nitrogens is 2. The Bertz CT molecular complexity index is 444. The Hall–Kier alpha value is -1.13. The fourth-order valence-corrected chi connectivity index (χ4v) is 2.71. The van der Waals surface area contributed by atoms with E-state index in [0.29, 0.717) is 0 Å². The maximum Gasteiger partial charge on any atom is 0.0839 e. The topological polar surface area (TPSA) is 29.9 Å². The molecule has 0 aliphatic carbocycles. The zero-order valence-corrected chi connectivity index (χ0v) is 10.0. The maximum absolute atomic E-state index is 4.20. The summed E-state index contributed by atoms with van der Waals surface area (Å²) in [5.74, 6) is 0. The summed E-state index contributed by atoms with van der Waals surface area (Å²) < 4.78 is 1.91. The normalized spacial score (nSPS) is 13.0. The van der Waals surface area contributed by atoms with Gasteiger partial charge in [0.25, 0.3) is 0 Å². The van der Waals surface area contributed by atoms with Gasteiger partial charge in [0.2, 0.25) is 0 Å². The smallest absolute Gasteiger partial charge is 0.0839 e. The lowest BCUT2D eigenvalue weighted by atomic mass is 10.2. The Morgan fingerprint density at radius 2 is 2.20 bits per heavy atom. The molecule has 0 aliphatic heterocycles. The van der Waals surface area contributed by atoms with Crippen LogP contribution in [0.4, 0.5) is 0 Å². The molecule has 1 atom stereocenters. The van der Waals surface area contributed by atoms with Gasteiger partial charge in [-0.3, -0.25) is 4.68 Å². The first-order valence-corrected chi connectivity index (χ1v) is 5.75. The molecule has 15 heavy (non-hydrogen) atoms. The molecule has 80 valence electrons. The summed E-state index contributed by atoms with van der Waals surface area (Å²) in [6.07, 6.45) is 1.83. The number of rotatable bonds is 3. The quantitative estimate of drug-likeness (QED) is 0.860. The standard InChI is InChI=1S/C11H15N3S/c1-8-4-5-10(15-8)11(12-2)9-6-7-13-14(9)3/h4-7,11-12H,1-3H3. The highest BCUT2D eigenvalue weighted by atomic mass is 32.1. The molecule has 0 bridgehead atoms. The largest absolute Gasteiger partial charge is 0.307 e. The third-order valence-electron chi connectivity index (χ3n) is 2.49. The van der Waals surface area contributed by atoms with Crippen LogP contribution in [0.5, 0.6) is 0 Å². The van der Waals surface area contributed by atoms with Gasteiger partial charge in [-0.05, 0) is 32.2 Å². The molecule has 0 fully saturated rings. The monoisotopic (exact) mass is 221 g/mol. The van der Waals surface area contributed by atoms with Crippen molar-refractivity contribution in [3.05, 3.63) is 39.8 Å². The summed E-state index contributed by atoms with van der Waals surface area (Å²) in [5.41, 5.74) is 1.19. The van der Waals surface area contributed by atoms with Crippen molar-refractivity contribution < 1.29 is 0 Å². The highest BCUT2D eigenvalue weighted by molar-refractivity contribution is 7.12. The lowest BCUT2D eigenvalue weighted by molar-refractivity contribution is 0.613. The van der Waals surface area contributed by atoms with Crippen LogP contribution in [0.1, 0.15) is 21.5 Å². The van der Waals surface area contributed by atoms with Gasteiger partial charge in [-0.1, -0.05) is 0 Å². The Morgan fingerprint density at radius 1 is 1.40 bits per heavy atom. The van der Waals surface area contributed by atoms with Crippen molar-refractivity contribution in [3.63, 3.8) is 0 Å². The van der Waals surface area contributed by atoms with Crippen molar-refractivity contribution in [2.45, 2.75) is 13.0 Å². The van der Waals surface area contributed by atoms with E-state index in [1.807, 2.05) is 36.3 Å². The van der Waals surface area contributed by atoms with Crippen molar-refractivity contribution in [2.75, 3.05) is 7.05 Å². The van der Waals surface area contributed by atoms with Gasteiger partial charge < -0.3 is 5.32 Å². The molecule has 0 saturated carbocycles. The second-order valence-corrected chi connectivity index (χ2v) is 4.87. The van der Waals surface area contributed by atoms with Gasteiger partial charge in [0.1, 0.15) is 0 Å². The summed E-state index contributed by atoms with van der Waals surface area (Å²) in [6.45, 7) is 2.13. The van der Waals surface area contributed by atoms with Gasteiger partial charge >= 0.3 is 0 Å². The minimum absolute atomic E-state index is 0.246. The Morgan fingerprint density at radius 3 is 2.67 bits per heavy atom. The van der Waals surface area contributed by atoms with E-state index >= 15 is 0 Å². The SMILES string of the molecule is CNC(c1ccc(C)s1)c1ccnn1C. The Labute approximate surface area is 93.7 Å². The lowest BCUT2D eigenvalue weighted by Gasteiger charge is -2.14. The number of aryl methyl sites for hydroxylation is 2. The van der Waals surface area contributed by atoms with Crippen molar-refractivity contribution in [3.8, 4) is 0 Å². The predicted molar refractivity (Wildman–Crippen MR) is 63.2 cm³/mol. The van der Waals surface area contributed by atoms with Crippen LogP contribution in [0.2, 0.25) is 0 Å². The molecule has 0 aliphatic rings. The van der Waals surface area contributed by atoms with E-state index in [4.69, 9.17) is 0 Å². The third kappa shape index (κ3) is 1.96. The molecule has 0 saturated heterocycles. The summed E-state index contributed by atoms with van der Waals surface area (Å²) in [4.78, 5) is 2.67. The maximum atomic E-state index is 4.20. The van der Waals surface area contributed by atoms with Crippen LogP contribution >= 0.6 is 11.3 Å². The van der Waals surface area contributed by atoms with Gasteiger partial charge in [-0.25, -0.2) is 0 Å². The molecule has 0 radical (unpaired) electrons. The summed E-state index contributed by atoms with van der Waals surface area (Å²) in [7, 11) is 3.95. The highest BCUT2D eigenvalue weighted by Gasteiger charge is 2.16. The van der Waals surface area contributed by atoms with Crippen LogP contribution in [-0.2, 0) is 7.05 Å². The molecule has 2 aromatic rings. The molecule has 3 nitrogen and oxygen atoms in total. The van der Waals surface area contributed by atoms with Crippen molar-refractivity contribution >= 4 is 11.3 Å². The average molecular weight is 221 g/mol. The number of hydrogen-bond acceptors (Lipinski definition) is 3. The Kier molecular flexibility index (Phi) is 2.88. The van der Waals surface area contributed by atoms with Crippen LogP contribution in [0, 0.1) is 6.92 Å². The van der Waals surface area contributed by atoms with Gasteiger partial charge in [0.15, 0.2) is 0 Å². The fourth-order valence-electron chi connectivity index (χ4n) is 1.71. The van der Waals surface area contributed by atoms with Gasteiger partial charge in [0, 0.05) is 23.0 Å². The molecule has 0 aromatic carbocycles. The molecule has 2 aromatic heterocycles. The molecule has 2 rings (SSSR count). The zero-order valence-electron chi connectivity index (χ0n) is 9.19. The fraction of sp³-hybridized carbons (Fsp3) is 0.364. The van der Waals surface area contributed by atoms with Crippen molar-refractivity contribution in [2.24, 2.45) is 7.05 Å². The van der Waals surface area contributed by atoms with E-state index in [2.05, 4.69) is 35.5 Å². The van der Waals surface area contributed by atoms with E-state index in [-0.39, 0.29) is 6.04 Å². The molecule has 4 heteroatoms. The van der Waals surface area contributed by atoms with Gasteiger partial charge in [-0.15, -0.1) is 11.3 Å². The summed E-state index contributed by atoms with van der Waals surface area (Å²) in [6, 6.07) is 6.63. The van der Waals surface area contributed by atoms with Crippen LogP contribution in [0.25, 0.3) is 0 Å². The first-order valence-electron chi connectivity index (χ1n) is 4.94. The lowest BCUT2D eigenvalue weighted by Crippen LogP contribution is -2.19. The number of nitrogens with one attached hydrogen (secondary N) is 1. The first-order chi connectivity index (χ1) is 7.22. The Balaban J connectivity index is 2.36. The minimum atomic E-state index is 0.246. The second kappa shape index (κ2) is 4.16. The van der Waals surface area contributed by atoms with E-state index in [9.17, 15) is 0 Å². The van der Waals surface area contributed by atoms with Crippen LogP contribution in [0.15, 0.2) is 24.4 Å². The third-order valence-corrected chi connectivity index (χ3v) is 3.55. The van der Waals surface area contributed by atoms with Crippen molar-refractivity contribution in [1.29, 1.82) is 0 Å². The summed E-state index contributed by atoms with van der Waals surface area (Å²) >= 11 is 1.82. The van der Waals surface area contributed by atoms with Gasteiger partial charge in [0.05, 0.1) is 11.7 Å². The van der Waals surface area contributed by atoms with E-state index in [0.717, 1.165) is 0 Å².